The average molecular weight is 817 g/mol. The van der Waals surface area contributed by atoms with Crippen LogP contribution in [0.5, 0.6) is 34.5 Å². The normalized spacial score (nSPS) is 15.0. The Balaban J connectivity index is 1.36. The third-order valence-electron chi connectivity index (χ3n) is 10.00. The lowest BCUT2D eigenvalue weighted by atomic mass is 10.0. The summed E-state index contributed by atoms with van der Waals surface area (Å²) in [5.74, 6) is -10.2. The Kier molecular flexibility index (Phi) is 10.8. The van der Waals surface area contributed by atoms with Crippen LogP contribution in [-0.2, 0) is 39.3 Å². The molecular formula is C42H36N6O12. The second-order valence-electron chi connectivity index (χ2n) is 13.9. The number of amides is 6. The van der Waals surface area contributed by atoms with Gasteiger partial charge < -0.3 is 62.5 Å². The highest BCUT2D eigenvalue weighted by molar-refractivity contribution is 6.05. The summed E-state index contributed by atoms with van der Waals surface area (Å²) in [5, 5.41) is 80.7. The van der Waals surface area contributed by atoms with Gasteiger partial charge in [-0.3, -0.25) is 28.8 Å². The Morgan fingerprint density at radius 3 is 0.833 bits per heavy atom. The second kappa shape index (κ2) is 16.3. The average Bonchev–Trinajstić information content (AvgIpc) is 3.23. The molecule has 60 heavy (non-hydrogen) atoms. The Morgan fingerprint density at radius 1 is 0.283 bits per heavy atom. The monoisotopic (exact) mass is 816 g/mol. The number of carbonyl (C=O) groups excluding carboxylic acids is 6. The molecule has 8 heterocycles. The van der Waals surface area contributed by atoms with Crippen molar-refractivity contribution in [2.75, 3.05) is 0 Å². The van der Waals surface area contributed by atoms with Gasteiger partial charge in [0.05, 0.1) is 33.4 Å². The minimum Gasteiger partial charge on any atom is -0.504 e. The molecule has 12 N–H and O–H groups in total. The van der Waals surface area contributed by atoms with Gasteiger partial charge in [-0.05, 0) is 69.8 Å². The molecule has 0 spiro atoms. The Hall–Kier alpha value is -8.28. The van der Waals surface area contributed by atoms with E-state index in [1.54, 1.807) is 36.4 Å². The number of hydrogen-bond donors (Lipinski definition) is 12. The summed E-state index contributed by atoms with van der Waals surface area (Å²) in [7, 11) is 0. The first kappa shape index (κ1) is 39.9. The summed E-state index contributed by atoms with van der Waals surface area (Å²) in [4.78, 5) is 79.8. The van der Waals surface area contributed by atoms with Crippen molar-refractivity contribution >= 4 is 35.4 Å². The van der Waals surface area contributed by atoms with E-state index in [0.29, 0.717) is 33.4 Å². The lowest BCUT2D eigenvalue weighted by molar-refractivity contribution is 0.0932. The molecule has 0 aliphatic carbocycles. The van der Waals surface area contributed by atoms with E-state index in [0.717, 1.165) is 36.4 Å². The topological polar surface area (TPSA) is 296 Å². The number of hydrogen-bond acceptors (Lipinski definition) is 12. The van der Waals surface area contributed by atoms with E-state index in [4.69, 9.17) is 0 Å². The summed E-state index contributed by atoms with van der Waals surface area (Å²) >= 11 is 0. The van der Waals surface area contributed by atoms with E-state index in [-0.39, 0.29) is 72.6 Å². The summed E-state index contributed by atoms with van der Waals surface area (Å²) in [6.45, 7) is -1.18. The molecule has 8 aliphatic heterocycles. The third kappa shape index (κ3) is 7.97. The molecule has 5 aromatic carbocycles. The van der Waals surface area contributed by atoms with Gasteiger partial charge in [-0.2, -0.15) is 0 Å². The molecular weight excluding hydrogens is 780 g/mol. The number of nitrogens with one attached hydrogen (secondary N) is 6. The smallest absolute Gasteiger partial charge is 0.255 e. The molecule has 6 amide bonds. The number of benzene rings is 5. The fraction of sp³-hybridized carbons (Fsp3) is 0.143. The zero-order valence-electron chi connectivity index (χ0n) is 31.3. The molecule has 8 aliphatic rings. The van der Waals surface area contributed by atoms with Crippen LogP contribution in [0.25, 0.3) is 0 Å². The van der Waals surface area contributed by atoms with Gasteiger partial charge in [0.15, 0.2) is 34.5 Å². The van der Waals surface area contributed by atoms with Crippen molar-refractivity contribution in [3.63, 3.8) is 0 Å². The van der Waals surface area contributed by atoms with E-state index in [1.807, 2.05) is 0 Å². The zero-order valence-corrected chi connectivity index (χ0v) is 31.3. The largest absolute Gasteiger partial charge is 0.504 e. The quantitative estimate of drug-likeness (QED) is 0.100. The molecule has 18 heteroatoms. The van der Waals surface area contributed by atoms with E-state index in [9.17, 15) is 59.4 Å². The van der Waals surface area contributed by atoms with Crippen molar-refractivity contribution in [2.24, 2.45) is 0 Å². The maximum atomic E-state index is 13.4. The first-order chi connectivity index (χ1) is 28.7. The van der Waals surface area contributed by atoms with Gasteiger partial charge in [0, 0.05) is 39.3 Å². The van der Waals surface area contributed by atoms with Gasteiger partial charge in [-0.15, -0.1) is 0 Å². The molecule has 13 rings (SSSR count). The molecule has 306 valence electrons. The van der Waals surface area contributed by atoms with Crippen LogP contribution in [0.2, 0.25) is 0 Å². The van der Waals surface area contributed by atoms with E-state index < -0.39 is 69.9 Å². The van der Waals surface area contributed by atoms with Crippen LogP contribution in [-0.4, -0.2) is 66.1 Å². The first-order valence-electron chi connectivity index (χ1n) is 18.3. The maximum absolute atomic E-state index is 13.4. The maximum Gasteiger partial charge on any atom is 0.255 e. The first-order valence-corrected chi connectivity index (χ1v) is 18.3. The minimum atomic E-state index is -0.872. The highest BCUT2D eigenvalue weighted by Crippen LogP contribution is 2.35. The summed E-state index contributed by atoms with van der Waals surface area (Å²) in [6.07, 6.45) is 0. The van der Waals surface area contributed by atoms with Gasteiger partial charge in [0.2, 0.25) is 0 Å². The SMILES string of the molecule is O=C1NCc2cc3cc(c2)CNC(=O)c2ccc(c(O)c2O)C(=O)NCc2cc(ccc2CNC(=O)c2ccc(c(O)c2O)C(=O)NC3)CNC(=O)c2ccc1c(O)c2O. The van der Waals surface area contributed by atoms with Crippen LogP contribution in [0.15, 0.2) is 72.8 Å². The zero-order chi connectivity index (χ0) is 42.8. The second-order valence-corrected chi connectivity index (χ2v) is 13.9. The van der Waals surface area contributed by atoms with Crippen molar-refractivity contribution in [1.82, 2.24) is 31.9 Å². The predicted octanol–water partition coefficient (Wildman–Crippen LogP) is 2.13. The van der Waals surface area contributed by atoms with Crippen LogP contribution >= 0.6 is 0 Å². The van der Waals surface area contributed by atoms with E-state index in [1.165, 1.54) is 0 Å². The molecule has 0 unspecified atom stereocenters. The van der Waals surface area contributed by atoms with Crippen molar-refractivity contribution in [2.45, 2.75) is 39.3 Å². The van der Waals surface area contributed by atoms with E-state index in [2.05, 4.69) is 31.9 Å². The molecule has 18 nitrogen and oxygen atoms in total. The standard InChI is InChI=1S/C42H36N6O12/c49-31-25-3-4-26(32(31)50)38(56)44-14-20-9-21-11-22(10-20)16-46-40(58)28-6-8-30(36(54)34(28)52)42(60)48-18-24-12-19(13-43-37(25)55)1-2-23(24)17-47-41(59)29-7-5-27(33(51)35(29)53)39(57)45-15-21/h1-12,49-54H,13-18H2,(H,43,55)(H,44,56)(H,45,57)(H,46,58)(H,47,59)(H,48,60). The molecule has 0 atom stereocenters. The van der Waals surface area contributed by atoms with Gasteiger partial charge in [-0.1, -0.05) is 36.4 Å². The number of phenolic OH excluding ortho intramolecular Hbond substituents is 6. The lowest BCUT2D eigenvalue weighted by Gasteiger charge is -2.16. The predicted molar refractivity (Wildman–Crippen MR) is 209 cm³/mol. The number of rotatable bonds is 0. The Labute approximate surface area is 339 Å². The van der Waals surface area contributed by atoms with Crippen molar-refractivity contribution in [3.8, 4) is 34.5 Å². The van der Waals surface area contributed by atoms with Gasteiger partial charge in [0.1, 0.15) is 0 Å². The Morgan fingerprint density at radius 2 is 0.533 bits per heavy atom. The molecule has 0 saturated heterocycles. The Bertz CT molecular complexity index is 2660. The van der Waals surface area contributed by atoms with Gasteiger partial charge in [-0.25, -0.2) is 0 Å². The molecule has 0 fully saturated rings. The molecule has 0 saturated carbocycles. The molecule has 5 aromatic rings. The van der Waals surface area contributed by atoms with Gasteiger partial charge >= 0.3 is 0 Å². The summed E-state index contributed by atoms with van der Waals surface area (Å²) in [6, 6.07) is 16.4. The van der Waals surface area contributed by atoms with E-state index >= 15 is 0 Å². The summed E-state index contributed by atoms with van der Waals surface area (Å²) < 4.78 is 0. The van der Waals surface area contributed by atoms with Gasteiger partial charge in [0.25, 0.3) is 35.4 Å². The van der Waals surface area contributed by atoms with Crippen molar-refractivity contribution < 1.29 is 59.4 Å². The van der Waals surface area contributed by atoms with Crippen LogP contribution in [0.1, 0.15) is 95.5 Å². The fourth-order valence-corrected chi connectivity index (χ4v) is 6.76. The summed E-state index contributed by atoms with van der Waals surface area (Å²) in [5.41, 5.74) is 0.376. The van der Waals surface area contributed by atoms with Crippen LogP contribution in [0.3, 0.4) is 0 Å². The fourth-order valence-electron chi connectivity index (χ4n) is 6.76. The number of phenols is 6. The number of aromatic hydroxyl groups is 6. The minimum absolute atomic E-state index is 0.152. The lowest BCUT2D eigenvalue weighted by Crippen LogP contribution is -2.27. The molecule has 0 radical (unpaired) electrons. The van der Waals surface area contributed by atoms with Crippen LogP contribution < -0.4 is 31.9 Å². The molecule has 11 bridgehead atoms. The van der Waals surface area contributed by atoms with Crippen LogP contribution in [0.4, 0.5) is 0 Å². The highest BCUT2D eigenvalue weighted by atomic mass is 16.3. The van der Waals surface area contributed by atoms with Crippen molar-refractivity contribution in [3.05, 3.63) is 140 Å². The van der Waals surface area contributed by atoms with Crippen molar-refractivity contribution in [1.29, 1.82) is 0 Å². The number of carbonyl (C=O) groups is 6. The highest BCUT2D eigenvalue weighted by Gasteiger charge is 2.25. The third-order valence-corrected chi connectivity index (χ3v) is 10.00. The van der Waals surface area contributed by atoms with Crippen LogP contribution in [0, 0.1) is 0 Å². The molecule has 0 aromatic heterocycles.